The molecule has 3 rings (SSSR count). The topological polar surface area (TPSA) is 90.3 Å². The van der Waals surface area contributed by atoms with Crippen LogP contribution in [0.5, 0.6) is 5.75 Å². The molecule has 7 nitrogen and oxygen atoms in total. The van der Waals surface area contributed by atoms with E-state index in [1.165, 1.54) is 23.9 Å². The van der Waals surface area contributed by atoms with E-state index in [9.17, 15) is 26.7 Å². The molecule has 1 heterocycles. The molecule has 14 heteroatoms. The molecular weight excluding hydrogens is 569 g/mol. The minimum Gasteiger partial charge on any atom is -0.434 e. The Balaban J connectivity index is 0.00000170. The Bertz CT molecular complexity index is 1180. The molecule has 0 unspecified atom stereocenters. The van der Waals surface area contributed by atoms with Crippen molar-refractivity contribution in [3.63, 3.8) is 0 Å². The van der Waals surface area contributed by atoms with Crippen molar-refractivity contribution in [1.82, 2.24) is 15.1 Å². The number of nitrogens with one attached hydrogen (secondary N) is 1. The van der Waals surface area contributed by atoms with Gasteiger partial charge in [0.15, 0.2) is 5.69 Å². The van der Waals surface area contributed by atoms with E-state index in [4.69, 9.17) is 20.0 Å². The van der Waals surface area contributed by atoms with E-state index in [-0.39, 0.29) is 33.3 Å². The number of rotatable bonds is 8. The van der Waals surface area contributed by atoms with Gasteiger partial charge in [0, 0.05) is 19.2 Å². The highest BCUT2D eigenvalue weighted by atomic mass is 35.5. The summed E-state index contributed by atoms with van der Waals surface area (Å²) in [5.41, 5.74) is -1.75. The molecule has 0 radical (unpaired) electrons. The summed E-state index contributed by atoms with van der Waals surface area (Å²) >= 11 is 5.73. The van der Waals surface area contributed by atoms with E-state index in [1.807, 2.05) is 0 Å². The smallest absolute Gasteiger partial charge is 0.394 e. The molecule has 1 saturated carbocycles. The molecule has 1 fully saturated rings. The number of amides is 1. The lowest BCUT2D eigenvalue weighted by Crippen LogP contribution is -2.34. The highest BCUT2D eigenvalue weighted by Gasteiger charge is 2.47. The summed E-state index contributed by atoms with van der Waals surface area (Å²) in [6.45, 7) is 1.54. The molecular formula is C25H31ClF5N3O4S. The second-order valence-electron chi connectivity index (χ2n) is 10.3. The van der Waals surface area contributed by atoms with Crippen LogP contribution in [0.2, 0.25) is 5.02 Å². The van der Waals surface area contributed by atoms with Crippen molar-refractivity contribution in [2.75, 3.05) is 6.54 Å². The van der Waals surface area contributed by atoms with E-state index in [0.717, 1.165) is 45.6 Å². The van der Waals surface area contributed by atoms with Crippen molar-refractivity contribution in [3.05, 3.63) is 34.5 Å². The summed E-state index contributed by atoms with van der Waals surface area (Å²) in [4.78, 5) is 12.8. The monoisotopic (exact) mass is 599 g/mol. The van der Waals surface area contributed by atoms with E-state index in [1.54, 1.807) is 0 Å². The van der Waals surface area contributed by atoms with Gasteiger partial charge < -0.3 is 10.1 Å². The molecule has 0 aliphatic heterocycles. The number of carbonyl (C=O) groups excluding carboxylic acids is 1. The number of halogens is 6. The summed E-state index contributed by atoms with van der Waals surface area (Å²) in [5.74, 6) is 0.209. The molecule has 0 atom stereocenters. The molecule has 1 aliphatic carbocycles. The van der Waals surface area contributed by atoms with E-state index in [0.29, 0.717) is 18.4 Å². The predicted molar refractivity (Wildman–Crippen MR) is 136 cm³/mol. The fraction of sp³-hybridized carbons (Fsp3) is 0.600. The number of hydrogen-bond acceptors (Lipinski definition) is 5. The Morgan fingerprint density at radius 3 is 2.33 bits per heavy atom. The van der Waals surface area contributed by atoms with Gasteiger partial charge in [-0.2, -0.15) is 35.5 Å². The van der Waals surface area contributed by atoms with Crippen molar-refractivity contribution >= 4 is 29.1 Å². The average molecular weight is 600 g/mol. The SMILES string of the molecule is CC1CCC(CNC(=O)c2nn(C)c(-c3ccc(CC(C)(C)C(F)(F)F)cc3OC(F)F)c2Cl)CC1.O=S=O. The fourth-order valence-corrected chi connectivity index (χ4v) is 4.81. The Morgan fingerprint density at radius 1 is 1.21 bits per heavy atom. The zero-order valence-electron chi connectivity index (χ0n) is 21.9. The van der Waals surface area contributed by atoms with Crippen molar-refractivity contribution in [3.8, 4) is 17.0 Å². The zero-order valence-corrected chi connectivity index (χ0v) is 23.5. The minimum absolute atomic E-state index is 0.0604. The largest absolute Gasteiger partial charge is 0.434 e. The van der Waals surface area contributed by atoms with Gasteiger partial charge in [0.2, 0.25) is 0 Å². The van der Waals surface area contributed by atoms with Crippen LogP contribution >= 0.6 is 11.6 Å². The van der Waals surface area contributed by atoms with Gasteiger partial charge in [-0.15, -0.1) is 0 Å². The first-order valence-corrected chi connectivity index (χ1v) is 13.2. The van der Waals surface area contributed by atoms with Crippen LogP contribution in [0, 0.1) is 17.3 Å². The van der Waals surface area contributed by atoms with Crippen LogP contribution in [-0.2, 0) is 25.0 Å². The van der Waals surface area contributed by atoms with E-state index < -0.39 is 42.1 Å². The molecule has 1 amide bonds. The number of ether oxygens (including phenoxy) is 1. The number of benzene rings is 1. The van der Waals surface area contributed by atoms with Crippen LogP contribution < -0.4 is 10.1 Å². The van der Waals surface area contributed by atoms with E-state index in [2.05, 4.69) is 22.1 Å². The molecule has 0 bridgehead atoms. The molecule has 1 aliphatic rings. The van der Waals surface area contributed by atoms with Crippen LogP contribution in [-0.4, -0.2) is 43.4 Å². The Morgan fingerprint density at radius 2 is 1.79 bits per heavy atom. The summed E-state index contributed by atoms with van der Waals surface area (Å²) in [6, 6.07) is 3.89. The number of carbonyl (C=O) groups is 1. The lowest BCUT2D eigenvalue weighted by atomic mass is 9.83. The summed E-state index contributed by atoms with van der Waals surface area (Å²) in [7, 11) is 1.49. The maximum atomic E-state index is 13.3. The van der Waals surface area contributed by atoms with Crippen molar-refractivity contribution in [2.45, 2.75) is 65.7 Å². The Kier molecular flexibility index (Phi) is 11.5. The normalized spacial score (nSPS) is 17.8. The van der Waals surface area contributed by atoms with Crippen molar-refractivity contribution < 1.29 is 39.9 Å². The maximum Gasteiger partial charge on any atom is 0.394 e. The number of alkyl halides is 5. The Hall–Kier alpha value is -2.54. The van der Waals surface area contributed by atoms with Crippen LogP contribution in [0.15, 0.2) is 18.2 Å². The first-order valence-electron chi connectivity index (χ1n) is 12.2. The number of nitrogens with zero attached hydrogens (tertiary/aromatic N) is 2. The van der Waals surface area contributed by atoms with Gasteiger partial charge in [-0.25, -0.2) is 0 Å². The quantitative estimate of drug-likeness (QED) is 0.357. The summed E-state index contributed by atoms with van der Waals surface area (Å²) in [5, 5.41) is 6.97. The van der Waals surface area contributed by atoms with Crippen LogP contribution in [0.25, 0.3) is 11.3 Å². The Labute approximate surface area is 232 Å². The number of hydrogen-bond donors (Lipinski definition) is 1. The average Bonchev–Trinajstić information content (AvgIpc) is 3.12. The molecule has 39 heavy (non-hydrogen) atoms. The lowest BCUT2D eigenvalue weighted by molar-refractivity contribution is -0.211. The van der Waals surface area contributed by atoms with Gasteiger partial charge >= 0.3 is 24.4 Å². The standard InChI is InChI=1S/C25H31ClF5N3O2.O2S/c1-14-5-7-15(8-6-14)13-32-22(35)20-19(26)21(34(4)33-20)17-10-9-16(11-18(17)36-23(27)28)12-24(2,3)25(29,30)31;1-3-2/h9-11,14-15,23H,5-8,12-13H2,1-4H3,(H,32,35);. The fourth-order valence-electron chi connectivity index (χ4n) is 4.47. The van der Waals surface area contributed by atoms with Gasteiger partial charge in [-0.3, -0.25) is 9.48 Å². The molecule has 0 spiro atoms. The molecule has 218 valence electrons. The highest BCUT2D eigenvalue weighted by Crippen LogP contribution is 2.42. The molecule has 1 aromatic carbocycles. The van der Waals surface area contributed by atoms with Crippen molar-refractivity contribution in [2.24, 2.45) is 24.3 Å². The second kappa shape index (κ2) is 13.7. The molecule has 2 aromatic rings. The van der Waals surface area contributed by atoms with Crippen LogP contribution in [0.1, 0.15) is 62.5 Å². The second-order valence-corrected chi connectivity index (χ2v) is 10.8. The molecule has 1 N–H and O–H groups in total. The van der Waals surface area contributed by atoms with E-state index >= 15 is 0 Å². The number of aryl methyl sites for hydroxylation is 1. The van der Waals surface area contributed by atoms with Gasteiger partial charge in [-0.05, 0) is 48.8 Å². The lowest BCUT2D eigenvalue weighted by Gasteiger charge is -2.28. The predicted octanol–water partition coefficient (Wildman–Crippen LogP) is 6.36. The van der Waals surface area contributed by atoms with Gasteiger partial charge in [0.1, 0.15) is 5.75 Å². The van der Waals surface area contributed by atoms with Crippen LogP contribution in [0.3, 0.4) is 0 Å². The van der Waals surface area contributed by atoms with Gasteiger partial charge in [-0.1, -0.05) is 51.3 Å². The third-order valence-electron chi connectivity index (χ3n) is 6.82. The summed E-state index contributed by atoms with van der Waals surface area (Å²) < 4.78 is 88.9. The van der Waals surface area contributed by atoms with Gasteiger partial charge in [0.25, 0.3) is 5.91 Å². The first kappa shape index (κ1) is 32.7. The number of aromatic nitrogens is 2. The van der Waals surface area contributed by atoms with Gasteiger partial charge in [0.05, 0.1) is 16.1 Å². The highest BCUT2D eigenvalue weighted by molar-refractivity contribution is 7.51. The molecule has 1 aromatic heterocycles. The van der Waals surface area contributed by atoms with Crippen molar-refractivity contribution in [1.29, 1.82) is 0 Å². The van der Waals surface area contributed by atoms with Crippen LogP contribution in [0.4, 0.5) is 22.0 Å². The third kappa shape index (κ3) is 8.72. The summed E-state index contributed by atoms with van der Waals surface area (Å²) in [6.07, 6.45) is -0.666. The maximum absolute atomic E-state index is 13.3. The first-order chi connectivity index (χ1) is 18.1. The minimum atomic E-state index is -4.49. The molecule has 0 saturated heterocycles. The zero-order chi connectivity index (χ0) is 29.5. The third-order valence-corrected chi connectivity index (χ3v) is 7.18.